The Labute approximate surface area is 120 Å². The van der Waals surface area contributed by atoms with Gasteiger partial charge in [-0.3, -0.25) is 0 Å². The van der Waals surface area contributed by atoms with E-state index in [9.17, 15) is 0 Å². The van der Waals surface area contributed by atoms with Gasteiger partial charge in [0.1, 0.15) is 0 Å². The third kappa shape index (κ3) is 3.77. The molecule has 3 nitrogen and oxygen atoms in total. The fourth-order valence-electron chi connectivity index (χ4n) is 1.85. The summed E-state index contributed by atoms with van der Waals surface area (Å²) >= 11 is 6.27. The molecule has 1 aromatic carbocycles. The second-order valence-corrected chi connectivity index (χ2v) is 5.95. The fourth-order valence-corrected chi connectivity index (χ4v) is 2.14. The molecule has 0 spiro atoms. The Hall–Kier alpha value is -0.930. The summed E-state index contributed by atoms with van der Waals surface area (Å²) in [5.74, 6) is 1.44. The van der Waals surface area contributed by atoms with Crippen LogP contribution >= 0.6 is 11.6 Å². The van der Waals surface area contributed by atoms with Crippen LogP contribution in [0.3, 0.4) is 0 Å². The zero-order valence-corrected chi connectivity index (χ0v) is 12.6. The van der Waals surface area contributed by atoms with Gasteiger partial charge in [-0.05, 0) is 38.0 Å². The molecule has 0 bridgehead atoms. The molecule has 1 aromatic rings. The number of halogens is 1. The van der Waals surface area contributed by atoms with Crippen molar-refractivity contribution >= 4 is 11.6 Å². The molecule has 1 aliphatic rings. The van der Waals surface area contributed by atoms with Crippen molar-refractivity contribution in [2.24, 2.45) is 0 Å². The first-order chi connectivity index (χ1) is 9.02. The van der Waals surface area contributed by atoms with E-state index in [1.807, 2.05) is 12.1 Å². The van der Waals surface area contributed by atoms with Crippen LogP contribution < -0.4 is 14.8 Å². The predicted molar refractivity (Wildman–Crippen MR) is 78.3 cm³/mol. The molecule has 0 saturated carbocycles. The topological polar surface area (TPSA) is 30.5 Å². The molecule has 1 aliphatic heterocycles. The molecule has 1 N–H and O–H groups in total. The molecule has 0 unspecified atom stereocenters. The van der Waals surface area contributed by atoms with Crippen LogP contribution in [-0.4, -0.2) is 18.8 Å². The van der Waals surface area contributed by atoms with E-state index in [4.69, 9.17) is 21.1 Å². The fraction of sp³-hybridized carbons (Fsp3) is 0.600. The first-order valence-electron chi connectivity index (χ1n) is 6.85. The quantitative estimate of drug-likeness (QED) is 0.912. The molecule has 19 heavy (non-hydrogen) atoms. The second kappa shape index (κ2) is 6.02. The second-order valence-electron chi connectivity index (χ2n) is 5.55. The lowest BCUT2D eigenvalue weighted by atomic mass is 10.0. The molecule has 0 atom stereocenters. The molecule has 0 amide bonds. The minimum Gasteiger partial charge on any atom is -0.489 e. The lowest BCUT2D eigenvalue weighted by Crippen LogP contribution is -2.37. The average Bonchev–Trinajstić information content (AvgIpc) is 2.62. The number of rotatable bonds is 4. The van der Waals surface area contributed by atoms with E-state index in [1.54, 1.807) is 0 Å². The molecule has 0 radical (unpaired) electrons. The number of hydrogen-bond acceptors (Lipinski definition) is 3. The van der Waals surface area contributed by atoms with Crippen molar-refractivity contribution in [3.8, 4) is 11.5 Å². The Morgan fingerprint density at radius 2 is 2.00 bits per heavy atom. The monoisotopic (exact) mass is 283 g/mol. The van der Waals surface area contributed by atoms with Crippen molar-refractivity contribution in [2.45, 2.75) is 45.7 Å². The Morgan fingerprint density at radius 3 is 2.74 bits per heavy atom. The van der Waals surface area contributed by atoms with Gasteiger partial charge in [0.05, 0.1) is 18.2 Å². The molecule has 1 heterocycles. The van der Waals surface area contributed by atoms with Crippen LogP contribution in [0.15, 0.2) is 12.1 Å². The number of hydrogen-bond donors (Lipinski definition) is 1. The van der Waals surface area contributed by atoms with Crippen molar-refractivity contribution in [1.82, 2.24) is 5.32 Å². The first-order valence-corrected chi connectivity index (χ1v) is 7.23. The van der Waals surface area contributed by atoms with Crippen LogP contribution in [0, 0.1) is 0 Å². The smallest absolute Gasteiger partial charge is 0.179 e. The average molecular weight is 284 g/mol. The summed E-state index contributed by atoms with van der Waals surface area (Å²) in [5.41, 5.74) is 1.24. The largest absolute Gasteiger partial charge is 0.489 e. The van der Waals surface area contributed by atoms with Gasteiger partial charge in [0.25, 0.3) is 0 Å². The molecule has 106 valence electrons. The van der Waals surface area contributed by atoms with Gasteiger partial charge in [-0.25, -0.2) is 0 Å². The normalized spacial score (nSPS) is 15.2. The maximum Gasteiger partial charge on any atom is 0.179 e. The van der Waals surface area contributed by atoms with Gasteiger partial charge in [-0.2, -0.15) is 0 Å². The van der Waals surface area contributed by atoms with Gasteiger partial charge in [-0.1, -0.05) is 18.5 Å². The van der Waals surface area contributed by atoms with E-state index in [0.717, 1.165) is 30.7 Å². The minimum absolute atomic E-state index is 0.122. The molecule has 2 rings (SSSR count). The highest BCUT2D eigenvalue weighted by Crippen LogP contribution is 2.38. The van der Waals surface area contributed by atoms with E-state index in [-0.39, 0.29) is 5.54 Å². The van der Waals surface area contributed by atoms with E-state index in [2.05, 4.69) is 26.1 Å². The van der Waals surface area contributed by atoms with Gasteiger partial charge in [0.15, 0.2) is 11.5 Å². The maximum atomic E-state index is 6.27. The zero-order valence-electron chi connectivity index (χ0n) is 11.9. The summed E-state index contributed by atoms with van der Waals surface area (Å²) in [6.07, 6.45) is 1.97. The van der Waals surface area contributed by atoms with Crippen LogP contribution in [0.5, 0.6) is 11.5 Å². The number of fused-ring (bicyclic) bond motifs is 1. The highest BCUT2D eigenvalue weighted by atomic mass is 35.5. The van der Waals surface area contributed by atoms with Crippen molar-refractivity contribution < 1.29 is 9.47 Å². The molecular formula is C15H22ClNO2. The summed E-state index contributed by atoms with van der Waals surface area (Å²) < 4.78 is 11.3. The molecule has 0 aliphatic carbocycles. The number of nitrogens with one attached hydrogen (secondary N) is 1. The van der Waals surface area contributed by atoms with Gasteiger partial charge < -0.3 is 14.8 Å². The lowest BCUT2D eigenvalue weighted by Gasteiger charge is -2.25. The molecule has 0 aromatic heterocycles. The molecule has 4 heteroatoms. The van der Waals surface area contributed by atoms with E-state index >= 15 is 0 Å². The zero-order chi connectivity index (χ0) is 13.9. The minimum atomic E-state index is 0.122. The van der Waals surface area contributed by atoms with E-state index in [1.165, 1.54) is 0 Å². The molecule has 0 fully saturated rings. The Bertz CT molecular complexity index is 446. The number of ether oxygens (including phenoxy) is 2. The maximum absolute atomic E-state index is 6.27. The van der Waals surface area contributed by atoms with E-state index in [0.29, 0.717) is 24.0 Å². The van der Waals surface area contributed by atoms with Crippen molar-refractivity contribution in [3.63, 3.8) is 0 Å². The van der Waals surface area contributed by atoms with Crippen LogP contribution in [0.25, 0.3) is 0 Å². The number of benzene rings is 1. The highest BCUT2D eigenvalue weighted by molar-refractivity contribution is 6.32. The van der Waals surface area contributed by atoms with Gasteiger partial charge in [-0.15, -0.1) is 0 Å². The van der Waals surface area contributed by atoms with Gasteiger partial charge >= 0.3 is 0 Å². The Kier molecular flexibility index (Phi) is 4.58. The molecule has 0 saturated heterocycles. The Balaban J connectivity index is 2.15. The Morgan fingerprint density at radius 1 is 1.26 bits per heavy atom. The summed E-state index contributed by atoms with van der Waals surface area (Å²) in [7, 11) is 0. The van der Waals surface area contributed by atoms with Crippen LogP contribution in [0.4, 0.5) is 0 Å². The predicted octanol–water partition coefficient (Wildman–Crippen LogP) is 3.78. The van der Waals surface area contributed by atoms with Crippen LogP contribution in [0.1, 0.15) is 39.2 Å². The summed E-state index contributed by atoms with van der Waals surface area (Å²) in [6, 6.07) is 3.97. The van der Waals surface area contributed by atoms with Crippen LogP contribution in [0.2, 0.25) is 5.02 Å². The molecular weight excluding hydrogens is 262 g/mol. The summed E-state index contributed by atoms with van der Waals surface area (Å²) in [5, 5.41) is 4.15. The van der Waals surface area contributed by atoms with Crippen molar-refractivity contribution in [2.75, 3.05) is 13.2 Å². The van der Waals surface area contributed by atoms with Crippen molar-refractivity contribution in [3.05, 3.63) is 22.7 Å². The van der Waals surface area contributed by atoms with Crippen molar-refractivity contribution in [1.29, 1.82) is 0 Å². The van der Waals surface area contributed by atoms with Crippen LogP contribution in [-0.2, 0) is 6.54 Å². The SMILES string of the molecule is CCC(C)(C)NCc1cc(Cl)c2c(c1)OCCCO2. The van der Waals surface area contributed by atoms with Gasteiger partial charge in [0.2, 0.25) is 0 Å². The standard InChI is InChI=1S/C15H22ClNO2/c1-4-15(2,3)17-10-11-8-12(16)14-13(9-11)18-6-5-7-19-14/h8-9,17H,4-7,10H2,1-3H3. The summed E-state index contributed by atoms with van der Waals surface area (Å²) in [6.45, 7) is 8.67. The van der Waals surface area contributed by atoms with E-state index < -0.39 is 0 Å². The third-order valence-electron chi connectivity index (χ3n) is 3.52. The van der Waals surface area contributed by atoms with Gasteiger partial charge in [0, 0.05) is 18.5 Å². The lowest BCUT2D eigenvalue weighted by molar-refractivity contribution is 0.297. The third-order valence-corrected chi connectivity index (χ3v) is 3.80. The summed E-state index contributed by atoms with van der Waals surface area (Å²) in [4.78, 5) is 0. The highest BCUT2D eigenvalue weighted by Gasteiger charge is 2.17. The first kappa shape index (κ1) is 14.5.